The third-order valence-electron chi connectivity index (χ3n) is 2.49. The number of benzene rings is 2. The highest BCUT2D eigenvalue weighted by molar-refractivity contribution is 6.46. The molecule has 0 aromatic heterocycles. The molecule has 0 saturated heterocycles. The van der Waals surface area contributed by atoms with Crippen LogP contribution in [0.3, 0.4) is 0 Å². The first-order chi connectivity index (χ1) is 9.97. The number of carbonyl (C=O) groups is 2. The zero-order valence-corrected chi connectivity index (χ0v) is 12.0. The topological polar surface area (TPSA) is 58.2 Å². The molecule has 2 aromatic rings. The van der Waals surface area contributed by atoms with Gasteiger partial charge in [-0.1, -0.05) is 35.3 Å². The number of hydrogen-bond acceptors (Lipinski definition) is 2. The Hall–Kier alpha value is -2.11. The van der Waals surface area contributed by atoms with E-state index in [2.05, 4.69) is 10.6 Å². The van der Waals surface area contributed by atoms with Gasteiger partial charge < -0.3 is 10.6 Å². The molecule has 0 atom stereocenters. The molecule has 0 aliphatic heterocycles. The summed E-state index contributed by atoms with van der Waals surface area (Å²) in [7, 11) is 0. The Morgan fingerprint density at radius 3 is 2.10 bits per heavy atom. The predicted octanol–water partition coefficient (Wildman–Crippen LogP) is 3.71. The normalized spacial score (nSPS) is 10.0. The van der Waals surface area contributed by atoms with Crippen LogP contribution in [-0.4, -0.2) is 11.8 Å². The molecule has 2 N–H and O–H groups in total. The fourth-order valence-electron chi connectivity index (χ4n) is 1.54. The first kappa shape index (κ1) is 15.3. The molecule has 2 amide bonds. The highest BCUT2D eigenvalue weighted by Gasteiger charge is 2.17. The van der Waals surface area contributed by atoms with Gasteiger partial charge in [0.1, 0.15) is 5.82 Å². The van der Waals surface area contributed by atoms with E-state index in [1.807, 2.05) is 0 Å². The van der Waals surface area contributed by atoms with Crippen LogP contribution in [0.25, 0.3) is 0 Å². The smallest absolute Gasteiger partial charge is 0.314 e. The first-order valence-electron chi connectivity index (χ1n) is 5.79. The summed E-state index contributed by atoms with van der Waals surface area (Å²) in [5, 5.41) is 4.98. The van der Waals surface area contributed by atoms with E-state index in [1.54, 1.807) is 6.07 Å². The van der Waals surface area contributed by atoms with Crippen LogP contribution in [-0.2, 0) is 9.59 Å². The van der Waals surface area contributed by atoms with E-state index in [1.165, 1.54) is 30.3 Å². The van der Waals surface area contributed by atoms with E-state index >= 15 is 0 Å². The summed E-state index contributed by atoms with van der Waals surface area (Å²) in [5.41, 5.74) is 0.306. The van der Waals surface area contributed by atoms with Gasteiger partial charge in [0.05, 0.1) is 15.7 Å². The van der Waals surface area contributed by atoms with Gasteiger partial charge in [0.15, 0.2) is 0 Å². The van der Waals surface area contributed by atoms with E-state index < -0.39 is 17.6 Å². The third-order valence-corrected chi connectivity index (χ3v) is 3.12. The molecule has 7 heteroatoms. The lowest BCUT2D eigenvalue weighted by Gasteiger charge is -2.09. The molecule has 0 unspecified atom stereocenters. The van der Waals surface area contributed by atoms with Gasteiger partial charge in [0.25, 0.3) is 0 Å². The Bertz CT molecular complexity index is 687. The molecule has 2 rings (SSSR count). The second-order valence-corrected chi connectivity index (χ2v) is 4.83. The highest BCUT2D eigenvalue weighted by atomic mass is 35.5. The molecule has 0 aliphatic carbocycles. The summed E-state index contributed by atoms with van der Waals surface area (Å²) in [6.07, 6.45) is 0. The minimum Gasteiger partial charge on any atom is -0.318 e. The highest BCUT2D eigenvalue weighted by Crippen LogP contribution is 2.29. The largest absolute Gasteiger partial charge is 0.318 e. The maximum absolute atomic E-state index is 13.0. The van der Waals surface area contributed by atoms with Gasteiger partial charge >= 0.3 is 11.8 Å². The molecule has 0 spiro atoms. The fraction of sp³-hybridized carbons (Fsp3) is 0. The van der Waals surface area contributed by atoms with Crippen molar-refractivity contribution in [1.29, 1.82) is 0 Å². The van der Waals surface area contributed by atoms with Gasteiger partial charge in [-0.2, -0.15) is 0 Å². The molecule has 0 fully saturated rings. The van der Waals surface area contributed by atoms with Crippen molar-refractivity contribution < 1.29 is 14.0 Å². The van der Waals surface area contributed by atoms with Gasteiger partial charge in [-0.15, -0.1) is 0 Å². The molecule has 2 aromatic carbocycles. The van der Waals surface area contributed by atoms with Gasteiger partial charge in [0, 0.05) is 5.69 Å². The molecular weight excluding hydrogens is 318 g/mol. The van der Waals surface area contributed by atoms with Crippen molar-refractivity contribution in [2.75, 3.05) is 10.6 Å². The second-order valence-electron chi connectivity index (χ2n) is 4.02. The lowest BCUT2D eigenvalue weighted by molar-refractivity contribution is -0.132. The monoisotopic (exact) mass is 326 g/mol. The number of rotatable bonds is 2. The Morgan fingerprint density at radius 2 is 1.48 bits per heavy atom. The number of hydrogen-bond donors (Lipinski definition) is 2. The van der Waals surface area contributed by atoms with Gasteiger partial charge in [-0.3, -0.25) is 9.59 Å². The van der Waals surface area contributed by atoms with Crippen LogP contribution in [0, 0.1) is 5.82 Å². The van der Waals surface area contributed by atoms with Crippen molar-refractivity contribution in [3.05, 3.63) is 58.3 Å². The molecule has 4 nitrogen and oxygen atoms in total. The predicted molar refractivity (Wildman–Crippen MR) is 80.1 cm³/mol. The van der Waals surface area contributed by atoms with Crippen LogP contribution in [0.5, 0.6) is 0 Å². The summed E-state index contributed by atoms with van der Waals surface area (Å²) in [4.78, 5) is 23.5. The van der Waals surface area contributed by atoms with Gasteiger partial charge in [0.2, 0.25) is 0 Å². The molecular formula is C14H9Cl2FN2O2. The summed E-state index contributed by atoms with van der Waals surface area (Å²) >= 11 is 11.8. The maximum Gasteiger partial charge on any atom is 0.314 e. The van der Waals surface area contributed by atoms with Crippen LogP contribution in [0.15, 0.2) is 42.5 Å². The van der Waals surface area contributed by atoms with Crippen molar-refractivity contribution in [2.24, 2.45) is 0 Å². The van der Waals surface area contributed by atoms with Crippen molar-refractivity contribution in [3.63, 3.8) is 0 Å². The Balaban J connectivity index is 2.08. The molecule has 21 heavy (non-hydrogen) atoms. The zero-order valence-electron chi connectivity index (χ0n) is 10.5. The van der Waals surface area contributed by atoms with Gasteiger partial charge in [-0.25, -0.2) is 4.39 Å². The summed E-state index contributed by atoms with van der Waals surface area (Å²) in [6.45, 7) is 0. The second kappa shape index (κ2) is 6.56. The molecule has 0 bridgehead atoms. The number of nitrogens with one attached hydrogen (secondary N) is 2. The summed E-state index contributed by atoms with van der Waals surface area (Å²) < 4.78 is 13.0. The quantitative estimate of drug-likeness (QED) is 0.826. The molecule has 0 heterocycles. The van der Waals surface area contributed by atoms with E-state index in [-0.39, 0.29) is 21.4 Å². The SMILES string of the molecule is O=C(Nc1cccc(F)c1)C(=O)Nc1c(Cl)cccc1Cl. The van der Waals surface area contributed by atoms with Gasteiger partial charge in [-0.05, 0) is 30.3 Å². The van der Waals surface area contributed by atoms with E-state index in [0.717, 1.165) is 6.07 Å². The number of carbonyl (C=O) groups excluding carboxylic acids is 2. The molecule has 0 aliphatic rings. The van der Waals surface area contributed by atoms with Crippen molar-refractivity contribution in [2.45, 2.75) is 0 Å². The van der Waals surface area contributed by atoms with Crippen LogP contribution in [0.1, 0.15) is 0 Å². The minimum absolute atomic E-state index is 0.139. The van der Waals surface area contributed by atoms with E-state index in [9.17, 15) is 14.0 Å². The average molecular weight is 327 g/mol. The lowest BCUT2D eigenvalue weighted by atomic mass is 10.3. The standard InChI is InChI=1S/C14H9Cl2FN2O2/c15-10-5-2-6-11(16)12(10)19-14(21)13(20)18-9-4-1-3-8(17)7-9/h1-7H,(H,18,20)(H,19,21). The Kier molecular flexibility index (Phi) is 4.77. The summed E-state index contributed by atoms with van der Waals surface area (Å²) in [5.74, 6) is -2.45. The first-order valence-corrected chi connectivity index (χ1v) is 6.55. The number of anilines is 2. The van der Waals surface area contributed by atoms with Crippen LogP contribution >= 0.6 is 23.2 Å². The molecule has 0 saturated carbocycles. The van der Waals surface area contributed by atoms with Crippen molar-refractivity contribution in [1.82, 2.24) is 0 Å². The van der Waals surface area contributed by atoms with Crippen molar-refractivity contribution >= 4 is 46.4 Å². The van der Waals surface area contributed by atoms with Crippen LogP contribution in [0.2, 0.25) is 10.0 Å². The average Bonchev–Trinajstić information content (AvgIpc) is 2.43. The molecule has 0 radical (unpaired) electrons. The Labute approximate surface area is 129 Å². The number of para-hydroxylation sites is 1. The maximum atomic E-state index is 13.0. The zero-order chi connectivity index (χ0) is 15.4. The van der Waals surface area contributed by atoms with Crippen LogP contribution < -0.4 is 10.6 Å². The number of amides is 2. The summed E-state index contributed by atoms with van der Waals surface area (Å²) in [6, 6.07) is 9.83. The molecule has 108 valence electrons. The minimum atomic E-state index is -0.964. The van der Waals surface area contributed by atoms with Crippen molar-refractivity contribution in [3.8, 4) is 0 Å². The van der Waals surface area contributed by atoms with E-state index in [4.69, 9.17) is 23.2 Å². The van der Waals surface area contributed by atoms with Crippen LogP contribution in [0.4, 0.5) is 15.8 Å². The fourth-order valence-corrected chi connectivity index (χ4v) is 2.03. The number of halogens is 3. The lowest BCUT2D eigenvalue weighted by Crippen LogP contribution is -2.29. The van der Waals surface area contributed by atoms with E-state index in [0.29, 0.717) is 0 Å². The Morgan fingerprint density at radius 1 is 0.905 bits per heavy atom. The third kappa shape index (κ3) is 3.93.